The van der Waals surface area contributed by atoms with Gasteiger partial charge in [-0.05, 0) is 26.0 Å². The van der Waals surface area contributed by atoms with Crippen LogP contribution in [-0.2, 0) is 21.2 Å². The van der Waals surface area contributed by atoms with E-state index in [4.69, 9.17) is 30.3 Å². The Bertz CT molecular complexity index is 1530. The number of nitrogens with one attached hydrogen (secondary N) is 1. The molecule has 0 aliphatic heterocycles. The zero-order chi connectivity index (χ0) is 28.3. The highest BCUT2D eigenvalue weighted by atomic mass is 35.5. The average Bonchev–Trinajstić information content (AvgIpc) is 3.51. The molecule has 0 aliphatic carbocycles. The van der Waals surface area contributed by atoms with Gasteiger partial charge in [-0.2, -0.15) is 0 Å². The van der Waals surface area contributed by atoms with Gasteiger partial charge in [-0.3, -0.25) is 9.29 Å². The van der Waals surface area contributed by atoms with Crippen LogP contribution in [-0.4, -0.2) is 64.9 Å². The minimum Gasteiger partial charge on any atom is -0.494 e. The zero-order valence-corrected chi connectivity index (χ0v) is 23.7. The summed E-state index contributed by atoms with van der Waals surface area (Å²) in [4.78, 5) is 8.24. The van der Waals surface area contributed by atoms with Crippen molar-refractivity contribution in [3.63, 3.8) is 0 Å². The van der Waals surface area contributed by atoms with Crippen LogP contribution in [0.15, 0.2) is 35.1 Å². The molecule has 0 amide bonds. The third-order valence-electron chi connectivity index (χ3n) is 6.14. The molecular weight excluding hydrogens is 550 g/mol. The van der Waals surface area contributed by atoms with Crippen molar-refractivity contribution in [2.45, 2.75) is 38.5 Å². The normalized spacial score (nSPS) is 13.2. The number of aryl methyl sites for hydroxylation is 1. The predicted octanol–water partition coefficient (Wildman–Crippen LogP) is 3.77. The molecule has 0 spiro atoms. The van der Waals surface area contributed by atoms with E-state index in [2.05, 4.69) is 30.0 Å². The maximum absolute atomic E-state index is 13.6. The Morgan fingerprint density at radius 3 is 2.28 bits per heavy atom. The summed E-state index contributed by atoms with van der Waals surface area (Å²) in [6, 6.07) is 5.14. The Morgan fingerprint density at radius 1 is 1.10 bits per heavy atom. The standard InChI is InChI=1S/C24H28ClN7O6S/c1-7-16-13(2)19(30-38-16)23-28-29-24(32(23)20-17(35-4)9-8-10-18(20)36-5)31-39(33,34)14(3)21(37-6)22-26-11-15(25)12-27-22/h8-12,14,21H,7H2,1-6H3,(H,29,31). The highest BCUT2D eigenvalue weighted by Gasteiger charge is 2.35. The predicted molar refractivity (Wildman–Crippen MR) is 143 cm³/mol. The van der Waals surface area contributed by atoms with E-state index >= 15 is 0 Å². The zero-order valence-electron chi connectivity index (χ0n) is 22.2. The van der Waals surface area contributed by atoms with Crippen LogP contribution in [0.25, 0.3) is 17.2 Å². The number of benzene rings is 1. The first-order valence-corrected chi connectivity index (χ1v) is 13.7. The van der Waals surface area contributed by atoms with Crippen molar-refractivity contribution < 1.29 is 27.2 Å². The molecule has 3 heterocycles. The summed E-state index contributed by atoms with van der Waals surface area (Å²) in [5, 5.41) is 11.8. The van der Waals surface area contributed by atoms with E-state index in [1.165, 1.54) is 45.2 Å². The number of methoxy groups -OCH3 is 3. The van der Waals surface area contributed by atoms with Gasteiger partial charge in [0.25, 0.3) is 0 Å². The number of sulfonamides is 1. The van der Waals surface area contributed by atoms with E-state index in [0.717, 1.165) is 5.56 Å². The molecule has 0 saturated heterocycles. The molecule has 0 radical (unpaired) electrons. The molecule has 1 aromatic carbocycles. The molecule has 0 fully saturated rings. The van der Waals surface area contributed by atoms with E-state index in [1.807, 2.05) is 13.8 Å². The van der Waals surface area contributed by atoms with Crippen LogP contribution < -0.4 is 14.2 Å². The average molecular weight is 578 g/mol. The van der Waals surface area contributed by atoms with Gasteiger partial charge in [0, 0.05) is 31.5 Å². The number of rotatable bonds is 11. The molecule has 13 nitrogen and oxygen atoms in total. The number of hydrogen-bond donors (Lipinski definition) is 1. The molecule has 4 rings (SSSR count). The fourth-order valence-electron chi connectivity index (χ4n) is 4.03. The Balaban J connectivity index is 1.86. The molecule has 0 saturated carbocycles. The number of anilines is 1. The van der Waals surface area contributed by atoms with Gasteiger partial charge in [-0.1, -0.05) is 29.7 Å². The Morgan fingerprint density at radius 2 is 1.74 bits per heavy atom. The van der Waals surface area contributed by atoms with Crippen molar-refractivity contribution in [3.8, 4) is 28.7 Å². The summed E-state index contributed by atoms with van der Waals surface area (Å²) >= 11 is 5.89. The molecule has 3 aromatic heterocycles. The highest BCUT2D eigenvalue weighted by Crippen LogP contribution is 2.38. The quantitative estimate of drug-likeness (QED) is 0.277. The topological polar surface area (TPSA) is 156 Å². The van der Waals surface area contributed by atoms with Gasteiger partial charge in [0.05, 0.1) is 19.2 Å². The van der Waals surface area contributed by atoms with Crippen molar-refractivity contribution in [2.24, 2.45) is 0 Å². The summed E-state index contributed by atoms with van der Waals surface area (Å²) in [7, 11) is 0.173. The number of aromatic nitrogens is 6. The minimum atomic E-state index is -4.17. The molecule has 0 bridgehead atoms. The number of nitrogens with zero attached hydrogens (tertiary/aromatic N) is 6. The van der Waals surface area contributed by atoms with Gasteiger partial charge in [0.2, 0.25) is 16.0 Å². The lowest BCUT2D eigenvalue weighted by Gasteiger charge is -2.22. The summed E-state index contributed by atoms with van der Waals surface area (Å²) in [6.45, 7) is 5.24. The SMILES string of the molecule is CCc1onc(-c2nnc(NS(=O)(=O)C(C)C(OC)c3ncc(Cl)cn3)n2-c2c(OC)cccc2OC)c1C. The summed E-state index contributed by atoms with van der Waals surface area (Å²) in [5.74, 6) is 1.66. The second-order valence-corrected chi connectivity index (χ2v) is 10.9. The first-order chi connectivity index (χ1) is 18.7. The molecule has 15 heteroatoms. The van der Waals surface area contributed by atoms with Crippen molar-refractivity contribution >= 4 is 27.6 Å². The lowest BCUT2D eigenvalue weighted by atomic mass is 10.1. The number of hydrogen-bond acceptors (Lipinski definition) is 11. The van der Waals surface area contributed by atoms with Crippen LogP contribution in [0.2, 0.25) is 5.02 Å². The lowest BCUT2D eigenvalue weighted by Crippen LogP contribution is -2.33. The van der Waals surface area contributed by atoms with Gasteiger partial charge in [0.15, 0.2) is 17.3 Å². The highest BCUT2D eigenvalue weighted by molar-refractivity contribution is 7.93. The molecule has 2 atom stereocenters. The van der Waals surface area contributed by atoms with Crippen LogP contribution in [0.4, 0.5) is 5.95 Å². The first kappa shape index (κ1) is 28.3. The van der Waals surface area contributed by atoms with E-state index in [9.17, 15) is 8.42 Å². The molecule has 4 aromatic rings. The molecule has 39 heavy (non-hydrogen) atoms. The van der Waals surface area contributed by atoms with Crippen molar-refractivity contribution in [1.82, 2.24) is 29.9 Å². The van der Waals surface area contributed by atoms with Gasteiger partial charge >= 0.3 is 0 Å². The minimum absolute atomic E-state index is 0.132. The van der Waals surface area contributed by atoms with E-state index < -0.39 is 21.4 Å². The summed E-state index contributed by atoms with van der Waals surface area (Å²) < 4.78 is 53.4. The fourth-order valence-corrected chi connectivity index (χ4v) is 5.26. The van der Waals surface area contributed by atoms with Gasteiger partial charge in [-0.15, -0.1) is 10.2 Å². The smallest absolute Gasteiger partial charge is 0.243 e. The number of ether oxygens (including phenoxy) is 3. The molecular formula is C24H28ClN7O6S. The maximum atomic E-state index is 13.6. The number of halogens is 1. The van der Waals surface area contributed by atoms with Gasteiger partial charge in [0.1, 0.15) is 34.3 Å². The number of para-hydroxylation sites is 1. The fraction of sp³-hybridized carbons (Fsp3) is 0.375. The van der Waals surface area contributed by atoms with Gasteiger partial charge in [-0.25, -0.2) is 18.4 Å². The molecule has 0 aliphatic rings. The molecule has 2 unspecified atom stereocenters. The maximum Gasteiger partial charge on any atom is 0.243 e. The van der Waals surface area contributed by atoms with Crippen molar-refractivity contribution in [2.75, 3.05) is 26.1 Å². The molecule has 1 N–H and O–H groups in total. The Labute approximate surface area is 230 Å². The van der Waals surface area contributed by atoms with Crippen LogP contribution in [0.5, 0.6) is 11.5 Å². The Hall–Kier alpha value is -3.75. The lowest BCUT2D eigenvalue weighted by molar-refractivity contribution is 0.0950. The third-order valence-corrected chi connectivity index (χ3v) is 8.03. The van der Waals surface area contributed by atoms with Crippen LogP contribution in [0.3, 0.4) is 0 Å². The van der Waals surface area contributed by atoms with Crippen molar-refractivity contribution in [3.05, 3.63) is 52.8 Å². The van der Waals surface area contributed by atoms with E-state index in [-0.39, 0.29) is 17.6 Å². The second-order valence-electron chi connectivity index (χ2n) is 8.39. The second kappa shape index (κ2) is 11.6. The van der Waals surface area contributed by atoms with Crippen LogP contribution in [0, 0.1) is 6.92 Å². The van der Waals surface area contributed by atoms with Gasteiger partial charge < -0.3 is 18.7 Å². The molecule has 208 valence electrons. The van der Waals surface area contributed by atoms with E-state index in [0.29, 0.717) is 40.1 Å². The monoisotopic (exact) mass is 577 g/mol. The summed E-state index contributed by atoms with van der Waals surface area (Å²) in [6.07, 6.45) is 2.32. The van der Waals surface area contributed by atoms with Crippen molar-refractivity contribution in [1.29, 1.82) is 0 Å². The third kappa shape index (κ3) is 5.40. The summed E-state index contributed by atoms with van der Waals surface area (Å²) in [5.41, 5.74) is 1.48. The first-order valence-electron chi connectivity index (χ1n) is 11.8. The largest absolute Gasteiger partial charge is 0.494 e. The van der Waals surface area contributed by atoms with E-state index in [1.54, 1.807) is 18.2 Å². The Kier molecular flexibility index (Phi) is 8.37. The van der Waals surface area contributed by atoms with Crippen LogP contribution in [0.1, 0.15) is 37.1 Å². The van der Waals surface area contributed by atoms with Crippen LogP contribution >= 0.6 is 11.6 Å².